The number of carbonyl (C=O) groups is 2. The Bertz CT molecular complexity index is 493. The van der Waals surface area contributed by atoms with Crippen molar-refractivity contribution < 1.29 is 23.8 Å². The van der Waals surface area contributed by atoms with Gasteiger partial charge >= 0.3 is 12.0 Å². The monoisotopic (exact) mass is 284 g/mol. The Morgan fingerprint density at radius 3 is 2.75 bits per heavy atom. The molecule has 0 fully saturated rings. The molecule has 1 atom stereocenters. The first-order valence-electron chi connectivity index (χ1n) is 6.05. The van der Waals surface area contributed by atoms with Gasteiger partial charge in [0.25, 0.3) is 0 Å². The van der Waals surface area contributed by atoms with Crippen molar-refractivity contribution in [3.8, 4) is 5.75 Å². The van der Waals surface area contributed by atoms with E-state index < -0.39 is 17.8 Å². The van der Waals surface area contributed by atoms with Gasteiger partial charge in [0, 0.05) is 24.2 Å². The number of carboxylic acids is 1. The number of hydrogen-bond acceptors (Lipinski definition) is 3. The third kappa shape index (κ3) is 5.13. The summed E-state index contributed by atoms with van der Waals surface area (Å²) >= 11 is 0. The van der Waals surface area contributed by atoms with Crippen LogP contribution in [0.1, 0.15) is 19.8 Å². The van der Waals surface area contributed by atoms with E-state index in [0.29, 0.717) is 12.1 Å². The average Bonchev–Trinajstić information content (AvgIpc) is 2.38. The zero-order valence-electron chi connectivity index (χ0n) is 11.3. The van der Waals surface area contributed by atoms with E-state index >= 15 is 0 Å². The van der Waals surface area contributed by atoms with Crippen LogP contribution in [0.4, 0.5) is 14.9 Å². The molecule has 0 saturated carbocycles. The number of urea groups is 1. The molecule has 0 saturated heterocycles. The molecule has 1 aromatic carbocycles. The molecule has 3 N–H and O–H groups in total. The number of amides is 2. The van der Waals surface area contributed by atoms with Crippen molar-refractivity contribution in [3.63, 3.8) is 0 Å². The van der Waals surface area contributed by atoms with Crippen LogP contribution in [0.3, 0.4) is 0 Å². The maximum absolute atomic E-state index is 13.2. The van der Waals surface area contributed by atoms with Gasteiger partial charge in [-0.2, -0.15) is 0 Å². The molecule has 0 aliphatic heterocycles. The van der Waals surface area contributed by atoms with Crippen LogP contribution in [0.25, 0.3) is 0 Å². The van der Waals surface area contributed by atoms with Crippen LogP contribution in [0.15, 0.2) is 18.2 Å². The predicted molar refractivity (Wildman–Crippen MR) is 71.4 cm³/mol. The van der Waals surface area contributed by atoms with Crippen molar-refractivity contribution in [2.24, 2.45) is 0 Å². The Morgan fingerprint density at radius 1 is 1.45 bits per heavy atom. The van der Waals surface area contributed by atoms with Gasteiger partial charge in [-0.1, -0.05) is 0 Å². The molecule has 6 nitrogen and oxygen atoms in total. The molecule has 0 aliphatic carbocycles. The number of carboxylic acid groups (broad SMARTS) is 1. The van der Waals surface area contributed by atoms with E-state index in [9.17, 15) is 14.0 Å². The van der Waals surface area contributed by atoms with Gasteiger partial charge in [0.2, 0.25) is 0 Å². The maximum atomic E-state index is 13.2. The fraction of sp³-hybridized carbons (Fsp3) is 0.385. The minimum atomic E-state index is -0.915. The number of ether oxygens (including phenoxy) is 1. The molecular weight excluding hydrogens is 267 g/mol. The highest BCUT2D eigenvalue weighted by atomic mass is 19.1. The van der Waals surface area contributed by atoms with Crippen molar-refractivity contribution in [3.05, 3.63) is 24.0 Å². The van der Waals surface area contributed by atoms with Crippen molar-refractivity contribution in [1.82, 2.24) is 5.32 Å². The van der Waals surface area contributed by atoms with E-state index in [1.54, 1.807) is 6.92 Å². The fourth-order valence-corrected chi connectivity index (χ4v) is 1.54. The lowest BCUT2D eigenvalue weighted by Gasteiger charge is -2.14. The van der Waals surface area contributed by atoms with Crippen molar-refractivity contribution in [2.75, 3.05) is 12.4 Å². The van der Waals surface area contributed by atoms with Gasteiger partial charge in [-0.3, -0.25) is 4.79 Å². The third-order valence-corrected chi connectivity index (χ3v) is 2.58. The van der Waals surface area contributed by atoms with Crippen LogP contribution < -0.4 is 15.4 Å². The van der Waals surface area contributed by atoms with Gasteiger partial charge in [0.15, 0.2) is 11.6 Å². The van der Waals surface area contributed by atoms with Crippen LogP contribution in [0.2, 0.25) is 0 Å². The molecule has 0 radical (unpaired) electrons. The molecule has 2 amide bonds. The predicted octanol–water partition coefficient (Wildman–Crippen LogP) is 2.21. The first-order valence-corrected chi connectivity index (χ1v) is 6.05. The van der Waals surface area contributed by atoms with Gasteiger partial charge in [-0.15, -0.1) is 0 Å². The van der Waals surface area contributed by atoms with Crippen LogP contribution in [-0.2, 0) is 4.79 Å². The quantitative estimate of drug-likeness (QED) is 0.747. The Labute approximate surface area is 115 Å². The molecule has 1 rings (SSSR count). The first-order chi connectivity index (χ1) is 9.42. The zero-order valence-corrected chi connectivity index (χ0v) is 11.3. The van der Waals surface area contributed by atoms with Gasteiger partial charge in [0.1, 0.15) is 0 Å². The number of anilines is 1. The third-order valence-electron chi connectivity index (χ3n) is 2.58. The second-order valence-corrected chi connectivity index (χ2v) is 4.28. The molecule has 20 heavy (non-hydrogen) atoms. The second-order valence-electron chi connectivity index (χ2n) is 4.28. The summed E-state index contributed by atoms with van der Waals surface area (Å²) < 4.78 is 18.0. The number of benzene rings is 1. The molecule has 0 spiro atoms. The highest BCUT2D eigenvalue weighted by Gasteiger charge is 2.10. The lowest BCUT2D eigenvalue weighted by atomic mass is 10.2. The van der Waals surface area contributed by atoms with E-state index in [1.165, 1.54) is 25.3 Å². The summed E-state index contributed by atoms with van der Waals surface area (Å²) in [6.45, 7) is 1.70. The molecule has 0 aliphatic rings. The van der Waals surface area contributed by atoms with Gasteiger partial charge in [0.05, 0.1) is 7.11 Å². The average molecular weight is 284 g/mol. The second kappa shape index (κ2) is 7.32. The van der Waals surface area contributed by atoms with Gasteiger partial charge in [-0.05, 0) is 25.5 Å². The molecule has 0 aromatic heterocycles. The summed E-state index contributed by atoms with van der Waals surface area (Å²) in [4.78, 5) is 22.1. The normalized spacial score (nSPS) is 11.6. The Balaban J connectivity index is 2.51. The Kier molecular flexibility index (Phi) is 5.76. The summed E-state index contributed by atoms with van der Waals surface area (Å²) in [7, 11) is 1.33. The molecule has 1 aromatic rings. The van der Waals surface area contributed by atoms with Crippen molar-refractivity contribution in [2.45, 2.75) is 25.8 Å². The van der Waals surface area contributed by atoms with Crippen molar-refractivity contribution >= 4 is 17.7 Å². The number of methoxy groups -OCH3 is 1. The topological polar surface area (TPSA) is 87.7 Å². The summed E-state index contributed by atoms with van der Waals surface area (Å²) in [5.74, 6) is -1.41. The smallest absolute Gasteiger partial charge is 0.319 e. The summed E-state index contributed by atoms with van der Waals surface area (Å²) in [5, 5.41) is 13.6. The highest BCUT2D eigenvalue weighted by Crippen LogP contribution is 2.21. The Hall–Kier alpha value is -2.31. The summed E-state index contributed by atoms with van der Waals surface area (Å²) in [6.07, 6.45) is 0.307. The number of halogens is 1. The Morgan fingerprint density at radius 2 is 2.15 bits per heavy atom. The van der Waals surface area contributed by atoms with E-state index in [-0.39, 0.29) is 18.2 Å². The van der Waals surface area contributed by atoms with E-state index in [2.05, 4.69) is 10.6 Å². The number of carbonyl (C=O) groups excluding carboxylic acids is 1. The van der Waals surface area contributed by atoms with Crippen LogP contribution in [0.5, 0.6) is 5.75 Å². The fourth-order valence-electron chi connectivity index (χ4n) is 1.54. The van der Waals surface area contributed by atoms with E-state index in [1.807, 2.05) is 0 Å². The van der Waals surface area contributed by atoms with E-state index in [0.717, 1.165) is 0 Å². The van der Waals surface area contributed by atoms with Crippen LogP contribution in [0, 0.1) is 5.82 Å². The lowest BCUT2D eigenvalue weighted by molar-refractivity contribution is -0.137. The lowest BCUT2D eigenvalue weighted by Crippen LogP contribution is -2.36. The van der Waals surface area contributed by atoms with Crippen LogP contribution in [-0.4, -0.2) is 30.3 Å². The number of hydrogen-bond donors (Lipinski definition) is 3. The highest BCUT2D eigenvalue weighted by molar-refractivity contribution is 5.89. The molecule has 0 heterocycles. The van der Waals surface area contributed by atoms with Crippen molar-refractivity contribution in [1.29, 1.82) is 0 Å². The van der Waals surface area contributed by atoms with E-state index in [4.69, 9.17) is 9.84 Å². The number of nitrogens with one attached hydrogen (secondary N) is 2. The number of aliphatic carboxylic acids is 1. The largest absolute Gasteiger partial charge is 0.494 e. The molecule has 7 heteroatoms. The zero-order chi connectivity index (χ0) is 15.1. The minimum Gasteiger partial charge on any atom is -0.494 e. The van der Waals surface area contributed by atoms with Gasteiger partial charge < -0.3 is 20.5 Å². The number of rotatable bonds is 6. The first kappa shape index (κ1) is 15.7. The molecule has 110 valence electrons. The maximum Gasteiger partial charge on any atom is 0.319 e. The summed E-state index contributed by atoms with van der Waals surface area (Å²) in [5.41, 5.74) is 0.381. The SMILES string of the molecule is COc1cc(NC(=O)NC(C)CCC(=O)O)ccc1F. The summed E-state index contributed by atoms with van der Waals surface area (Å²) in [6, 6.07) is 3.17. The van der Waals surface area contributed by atoms with Gasteiger partial charge in [-0.25, -0.2) is 9.18 Å². The molecular formula is C13H17FN2O4. The minimum absolute atomic E-state index is 0.0220. The molecule has 1 unspecified atom stereocenters. The molecule has 0 bridgehead atoms. The van der Waals surface area contributed by atoms with Crippen LogP contribution >= 0.6 is 0 Å². The standard InChI is InChI=1S/C13H17FN2O4/c1-8(3-6-12(17)18)15-13(19)16-9-4-5-10(14)11(7-9)20-2/h4-5,7-8H,3,6H2,1-2H3,(H,17,18)(H2,15,16,19).